The molecule has 4 heteroatoms. The van der Waals surface area contributed by atoms with Crippen LogP contribution in [0.2, 0.25) is 0 Å². The van der Waals surface area contributed by atoms with Gasteiger partial charge in [0.25, 0.3) is 0 Å². The summed E-state index contributed by atoms with van der Waals surface area (Å²) in [6.07, 6.45) is 1.03. The molecule has 0 aromatic heterocycles. The Labute approximate surface area is 79.3 Å². The van der Waals surface area contributed by atoms with Gasteiger partial charge in [0.2, 0.25) is 0 Å². The predicted octanol–water partition coefficient (Wildman–Crippen LogP) is 0.864. The standard InChI is InChI=1S/C6H13NO.C3H6O2/c1-5-3-7-4-6(2)8-5;1-2-3(4)5/h5-7H,3-4H2,1-2H3;2H2,1H3,(H,4,5). The molecule has 0 bridgehead atoms. The Balaban J connectivity index is 0.000000252. The van der Waals surface area contributed by atoms with Crippen molar-refractivity contribution in [2.24, 2.45) is 0 Å². The van der Waals surface area contributed by atoms with Crippen LogP contribution in [0.4, 0.5) is 0 Å². The van der Waals surface area contributed by atoms with Gasteiger partial charge in [-0.15, -0.1) is 0 Å². The number of nitrogens with one attached hydrogen (secondary N) is 1. The van der Waals surface area contributed by atoms with Crippen LogP contribution in [0.5, 0.6) is 0 Å². The highest BCUT2D eigenvalue weighted by Crippen LogP contribution is 2.00. The molecule has 78 valence electrons. The number of aliphatic carboxylic acids is 1. The van der Waals surface area contributed by atoms with Gasteiger partial charge in [-0.1, -0.05) is 6.92 Å². The van der Waals surface area contributed by atoms with Crippen LogP contribution in [0.25, 0.3) is 0 Å². The molecule has 0 spiro atoms. The van der Waals surface area contributed by atoms with Crippen molar-refractivity contribution in [2.45, 2.75) is 39.4 Å². The van der Waals surface area contributed by atoms with Crippen molar-refractivity contribution in [2.75, 3.05) is 13.1 Å². The van der Waals surface area contributed by atoms with E-state index < -0.39 is 5.97 Å². The molecule has 0 aromatic carbocycles. The van der Waals surface area contributed by atoms with E-state index in [1.54, 1.807) is 6.92 Å². The number of ether oxygens (including phenoxy) is 1. The van der Waals surface area contributed by atoms with E-state index in [4.69, 9.17) is 9.84 Å². The summed E-state index contributed by atoms with van der Waals surface area (Å²) in [5, 5.41) is 11.0. The molecule has 1 aliphatic rings. The quantitative estimate of drug-likeness (QED) is 0.642. The highest BCUT2D eigenvalue weighted by Gasteiger charge is 2.12. The molecule has 0 aromatic rings. The van der Waals surface area contributed by atoms with Gasteiger partial charge in [0.1, 0.15) is 0 Å². The summed E-state index contributed by atoms with van der Waals surface area (Å²) in [7, 11) is 0. The van der Waals surface area contributed by atoms with Gasteiger partial charge < -0.3 is 15.2 Å². The van der Waals surface area contributed by atoms with Crippen molar-refractivity contribution in [1.29, 1.82) is 0 Å². The maximum atomic E-state index is 9.37. The number of rotatable bonds is 1. The van der Waals surface area contributed by atoms with Crippen LogP contribution in [-0.2, 0) is 9.53 Å². The van der Waals surface area contributed by atoms with Crippen molar-refractivity contribution in [3.05, 3.63) is 0 Å². The fraction of sp³-hybridized carbons (Fsp3) is 0.889. The van der Waals surface area contributed by atoms with Crippen LogP contribution in [-0.4, -0.2) is 36.4 Å². The van der Waals surface area contributed by atoms with E-state index >= 15 is 0 Å². The van der Waals surface area contributed by atoms with Crippen LogP contribution < -0.4 is 5.32 Å². The second kappa shape index (κ2) is 6.86. The van der Waals surface area contributed by atoms with Crippen molar-refractivity contribution in [1.82, 2.24) is 5.32 Å². The zero-order valence-electron chi connectivity index (χ0n) is 8.54. The average molecular weight is 189 g/mol. The van der Waals surface area contributed by atoms with Gasteiger partial charge in [0.05, 0.1) is 12.2 Å². The predicted molar refractivity (Wildman–Crippen MR) is 50.8 cm³/mol. The normalized spacial score (nSPS) is 27.3. The van der Waals surface area contributed by atoms with Crippen LogP contribution in [0, 0.1) is 0 Å². The lowest BCUT2D eigenvalue weighted by Gasteiger charge is -2.25. The molecule has 2 unspecified atom stereocenters. The number of carboxylic acids is 1. The highest BCUT2D eigenvalue weighted by molar-refractivity contribution is 5.66. The summed E-state index contributed by atoms with van der Waals surface area (Å²) in [5.74, 6) is -0.745. The lowest BCUT2D eigenvalue weighted by Crippen LogP contribution is -2.41. The molecule has 0 amide bonds. The number of hydrogen-bond acceptors (Lipinski definition) is 3. The molecular formula is C9H19NO3. The van der Waals surface area contributed by atoms with E-state index in [1.807, 2.05) is 0 Å². The smallest absolute Gasteiger partial charge is 0.303 e. The van der Waals surface area contributed by atoms with E-state index in [9.17, 15) is 4.79 Å². The summed E-state index contributed by atoms with van der Waals surface area (Å²) in [6.45, 7) is 7.78. The van der Waals surface area contributed by atoms with E-state index in [2.05, 4.69) is 19.2 Å². The highest BCUT2D eigenvalue weighted by atomic mass is 16.5. The third kappa shape index (κ3) is 7.74. The molecule has 1 aliphatic heterocycles. The summed E-state index contributed by atoms with van der Waals surface area (Å²) >= 11 is 0. The summed E-state index contributed by atoms with van der Waals surface area (Å²) in [4.78, 5) is 9.37. The first-order valence-electron chi connectivity index (χ1n) is 4.64. The molecule has 0 saturated carbocycles. The number of morpholine rings is 1. The first-order chi connectivity index (χ1) is 6.06. The molecule has 1 rings (SSSR count). The Hall–Kier alpha value is -0.610. The lowest BCUT2D eigenvalue weighted by molar-refractivity contribution is -0.136. The molecule has 2 atom stereocenters. The molecule has 1 saturated heterocycles. The number of carboxylic acid groups (broad SMARTS) is 1. The Morgan fingerprint density at radius 1 is 1.46 bits per heavy atom. The van der Waals surface area contributed by atoms with Gasteiger partial charge >= 0.3 is 5.97 Å². The van der Waals surface area contributed by atoms with E-state index in [0.717, 1.165) is 13.1 Å². The molecule has 2 N–H and O–H groups in total. The van der Waals surface area contributed by atoms with Gasteiger partial charge in [0, 0.05) is 19.5 Å². The largest absolute Gasteiger partial charge is 0.481 e. The second-order valence-electron chi connectivity index (χ2n) is 3.16. The van der Waals surface area contributed by atoms with Crippen LogP contribution in [0.3, 0.4) is 0 Å². The molecule has 4 nitrogen and oxygen atoms in total. The fourth-order valence-corrected chi connectivity index (χ4v) is 0.983. The van der Waals surface area contributed by atoms with E-state index in [-0.39, 0.29) is 6.42 Å². The van der Waals surface area contributed by atoms with Gasteiger partial charge in [-0.05, 0) is 13.8 Å². The van der Waals surface area contributed by atoms with Crippen LogP contribution in [0.1, 0.15) is 27.2 Å². The van der Waals surface area contributed by atoms with Gasteiger partial charge in [0.15, 0.2) is 0 Å². The summed E-state index contributed by atoms with van der Waals surface area (Å²) < 4.78 is 5.42. The van der Waals surface area contributed by atoms with Gasteiger partial charge in [-0.25, -0.2) is 0 Å². The van der Waals surface area contributed by atoms with Gasteiger partial charge in [-0.3, -0.25) is 4.79 Å². The van der Waals surface area contributed by atoms with E-state index in [1.165, 1.54) is 0 Å². The molecule has 13 heavy (non-hydrogen) atoms. The van der Waals surface area contributed by atoms with Crippen molar-refractivity contribution in [3.8, 4) is 0 Å². The fourth-order valence-electron chi connectivity index (χ4n) is 0.983. The molecule has 0 aliphatic carbocycles. The Morgan fingerprint density at radius 2 is 1.85 bits per heavy atom. The maximum absolute atomic E-state index is 9.37. The third-order valence-electron chi connectivity index (χ3n) is 1.63. The van der Waals surface area contributed by atoms with Crippen molar-refractivity contribution >= 4 is 5.97 Å². The maximum Gasteiger partial charge on any atom is 0.303 e. The van der Waals surface area contributed by atoms with Crippen LogP contribution >= 0.6 is 0 Å². The van der Waals surface area contributed by atoms with Gasteiger partial charge in [-0.2, -0.15) is 0 Å². The zero-order chi connectivity index (χ0) is 10.3. The van der Waals surface area contributed by atoms with Crippen molar-refractivity contribution < 1.29 is 14.6 Å². The Kier molecular flexibility index (Phi) is 6.54. The average Bonchev–Trinajstić information content (AvgIpc) is 2.05. The molecule has 1 fully saturated rings. The lowest BCUT2D eigenvalue weighted by atomic mass is 10.3. The number of hydrogen-bond donors (Lipinski definition) is 2. The first-order valence-corrected chi connectivity index (χ1v) is 4.64. The van der Waals surface area contributed by atoms with Crippen LogP contribution in [0.15, 0.2) is 0 Å². The minimum absolute atomic E-state index is 0.222. The molecule has 1 heterocycles. The molecular weight excluding hydrogens is 170 g/mol. The van der Waals surface area contributed by atoms with E-state index in [0.29, 0.717) is 12.2 Å². The minimum Gasteiger partial charge on any atom is -0.481 e. The SMILES string of the molecule is CC1CNCC(C)O1.CCC(=O)O. The first kappa shape index (κ1) is 12.4. The van der Waals surface area contributed by atoms with Crippen molar-refractivity contribution in [3.63, 3.8) is 0 Å². The summed E-state index contributed by atoms with van der Waals surface area (Å²) in [6, 6.07) is 0. The monoisotopic (exact) mass is 189 g/mol. The second-order valence-corrected chi connectivity index (χ2v) is 3.16. The zero-order valence-corrected chi connectivity index (χ0v) is 8.54. The third-order valence-corrected chi connectivity index (χ3v) is 1.63. The topological polar surface area (TPSA) is 58.6 Å². The minimum atomic E-state index is -0.745. The Bertz CT molecular complexity index is 142. The summed E-state index contributed by atoms with van der Waals surface area (Å²) in [5.41, 5.74) is 0. The Morgan fingerprint density at radius 3 is 2.00 bits per heavy atom. The molecule has 0 radical (unpaired) electrons. The number of carbonyl (C=O) groups is 1.